The molecule has 0 radical (unpaired) electrons. The van der Waals surface area contributed by atoms with Gasteiger partial charge in [-0.25, -0.2) is 8.78 Å². The molecule has 0 bridgehead atoms. The van der Waals surface area contributed by atoms with E-state index in [-0.39, 0.29) is 23.4 Å². The number of carbonyl (C=O) groups is 2. The molecule has 1 amide bonds. The highest BCUT2D eigenvalue weighted by atomic mass is 35.5. The predicted octanol–water partition coefficient (Wildman–Crippen LogP) is 3.35. The van der Waals surface area contributed by atoms with Gasteiger partial charge < -0.3 is 4.90 Å². The number of ketones is 1. The number of carbonyl (C=O) groups excluding carboxylic acids is 2. The van der Waals surface area contributed by atoms with Crippen LogP contribution in [0.2, 0.25) is 5.02 Å². The number of rotatable bonds is 2. The van der Waals surface area contributed by atoms with Gasteiger partial charge in [0.2, 0.25) is 0 Å². The van der Waals surface area contributed by atoms with Crippen molar-refractivity contribution in [3.63, 3.8) is 0 Å². The highest BCUT2D eigenvalue weighted by Crippen LogP contribution is 2.33. The van der Waals surface area contributed by atoms with E-state index in [1.807, 2.05) is 0 Å². The van der Waals surface area contributed by atoms with E-state index in [0.29, 0.717) is 5.02 Å². The van der Waals surface area contributed by atoms with Crippen LogP contribution in [0.3, 0.4) is 0 Å². The zero-order valence-corrected chi connectivity index (χ0v) is 11.3. The molecule has 0 N–H and O–H groups in total. The molecule has 2 aromatic carbocycles. The van der Waals surface area contributed by atoms with Crippen molar-refractivity contribution in [3.05, 3.63) is 64.2 Å². The van der Waals surface area contributed by atoms with Crippen molar-refractivity contribution in [2.45, 2.75) is 6.54 Å². The van der Waals surface area contributed by atoms with Crippen LogP contribution >= 0.6 is 11.6 Å². The minimum absolute atomic E-state index is 0.182. The lowest BCUT2D eigenvalue weighted by atomic mass is 10.1. The Balaban J connectivity index is 2.06. The number of anilines is 1. The van der Waals surface area contributed by atoms with E-state index < -0.39 is 23.3 Å². The number of hydrogen-bond donors (Lipinski definition) is 0. The zero-order valence-electron chi connectivity index (χ0n) is 10.6. The van der Waals surface area contributed by atoms with Gasteiger partial charge in [0, 0.05) is 10.6 Å². The van der Waals surface area contributed by atoms with Crippen molar-refractivity contribution >= 4 is 29.0 Å². The third-order valence-corrected chi connectivity index (χ3v) is 3.55. The normalized spacial score (nSPS) is 13.8. The summed E-state index contributed by atoms with van der Waals surface area (Å²) in [7, 11) is 0. The van der Waals surface area contributed by atoms with Crippen LogP contribution in [0.25, 0.3) is 0 Å². The van der Waals surface area contributed by atoms with Crippen LogP contribution in [-0.4, -0.2) is 11.7 Å². The first-order chi connectivity index (χ1) is 9.99. The lowest BCUT2D eigenvalue weighted by molar-refractivity contribution is -0.114. The van der Waals surface area contributed by atoms with Gasteiger partial charge in [0.05, 0.1) is 17.8 Å². The first-order valence-electron chi connectivity index (χ1n) is 6.07. The molecule has 6 heteroatoms. The minimum Gasteiger partial charge on any atom is -0.300 e. The molecule has 3 rings (SSSR count). The van der Waals surface area contributed by atoms with E-state index >= 15 is 0 Å². The number of fused-ring (bicyclic) bond motifs is 1. The summed E-state index contributed by atoms with van der Waals surface area (Å²) in [5.74, 6) is -3.08. The van der Waals surface area contributed by atoms with Gasteiger partial charge in [0.15, 0.2) is 0 Å². The largest absolute Gasteiger partial charge is 0.300 e. The lowest BCUT2D eigenvalue weighted by Crippen LogP contribution is -2.30. The van der Waals surface area contributed by atoms with Crippen LogP contribution in [0.4, 0.5) is 14.5 Å². The van der Waals surface area contributed by atoms with Crippen LogP contribution < -0.4 is 4.90 Å². The second-order valence-corrected chi connectivity index (χ2v) is 5.02. The lowest BCUT2D eigenvalue weighted by Gasteiger charge is -2.17. The maximum absolute atomic E-state index is 13.7. The summed E-state index contributed by atoms with van der Waals surface area (Å²) in [5, 5.41) is 0.329. The molecule has 0 aromatic heterocycles. The molecule has 3 nitrogen and oxygen atoms in total. The first kappa shape index (κ1) is 13.7. The quantitative estimate of drug-likeness (QED) is 0.798. The van der Waals surface area contributed by atoms with Gasteiger partial charge in [0.1, 0.15) is 11.6 Å². The topological polar surface area (TPSA) is 37.4 Å². The highest BCUT2D eigenvalue weighted by molar-refractivity contribution is 6.52. The number of hydrogen-bond acceptors (Lipinski definition) is 2. The van der Waals surface area contributed by atoms with Gasteiger partial charge in [-0.15, -0.1) is 0 Å². The maximum Gasteiger partial charge on any atom is 0.299 e. The molecule has 0 saturated carbocycles. The molecule has 1 heterocycles. The van der Waals surface area contributed by atoms with Crippen molar-refractivity contribution in [2.24, 2.45) is 0 Å². The molecule has 2 aromatic rings. The molecule has 0 saturated heterocycles. The van der Waals surface area contributed by atoms with Crippen molar-refractivity contribution < 1.29 is 18.4 Å². The number of amides is 1. The Kier molecular flexibility index (Phi) is 3.22. The number of benzene rings is 2. The second-order valence-electron chi connectivity index (χ2n) is 4.58. The first-order valence-corrected chi connectivity index (χ1v) is 6.45. The van der Waals surface area contributed by atoms with Crippen LogP contribution in [0, 0.1) is 11.6 Å². The van der Waals surface area contributed by atoms with Gasteiger partial charge in [-0.3, -0.25) is 9.59 Å². The van der Waals surface area contributed by atoms with Crippen molar-refractivity contribution in [2.75, 3.05) is 4.90 Å². The Morgan fingerprint density at radius 1 is 1.05 bits per heavy atom. The Bertz CT molecular complexity index is 756. The average molecular weight is 308 g/mol. The highest BCUT2D eigenvalue weighted by Gasteiger charge is 2.36. The Labute approximate surface area is 123 Å². The molecule has 0 atom stereocenters. The standard InChI is InChI=1S/C15H8ClF2NO2/c16-8-4-5-9-13(6-8)19(15(21)14(9)20)7-10-11(17)2-1-3-12(10)18/h1-6H,7H2. The SMILES string of the molecule is O=C1C(=O)N(Cc2c(F)cccc2F)c2cc(Cl)ccc21. The summed E-state index contributed by atoms with van der Waals surface area (Å²) in [6, 6.07) is 7.77. The van der Waals surface area contributed by atoms with Crippen LogP contribution in [-0.2, 0) is 11.3 Å². The van der Waals surface area contributed by atoms with Crippen LogP contribution in [0.1, 0.15) is 15.9 Å². The van der Waals surface area contributed by atoms with E-state index in [9.17, 15) is 18.4 Å². The van der Waals surface area contributed by atoms with Crippen molar-refractivity contribution in [3.8, 4) is 0 Å². The molecule has 1 aliphatic rings. The van der Waals surface area contributed by atoms with Crippen LogP contribution in [0.5, 0.6) is 0 Å². The average Bonchev–Trinajstić information content (AvgIpc) is 2.67. The van der Waals surface area contributed by atoms with Gasteiger partial charge >= 0.3 is 0 Å². The molecule has 21 heavy (non-hydrogen) atoms. The summed E-state index contributed by atoms with van der Waals surface area (Å²) in [6.07, 6.45) is 0. The second kappa shape index (κ2) is 4.93. The van der Waals surface area contributed by atoms with E-state index in [4.69, 9.17) is 11.6 Å². The van der Waals surface area contributed by atoms with Gasteiger partial charge in [-0.1, -0.05) is 17.7 Å². The number of halogens is 3. The van der Waals surface area contributed by atoms with Crippen molar-refractivity contribution in [1.82, 2.24) is 0 Å². The zero-order chi connectivity index (χ0) is 15.1. The number of nitrogens with zero attached hydrogens (tertiary/aromatic N) is 1. The molecule has 0 aliphatic carbocycles. The number of Topliss-reactive ketones (excluding diaryl/α,β-unsaturated/α-hetero) is 1. The summed E-state index contributed by atoms with van der Waals surface area (Å²) in [6.45, 7) is -0.365. The molecule has 0 fully saturated rings. The van der Waals surface area contributed by atoms with E-state index in [0.717, 1.165) is 17.0 Å². The fourth-order valence-electron chi connectivity index (χ4n) is 2.27. The minimum atomic E-state index is -0.824. The molecular formula is C15H8ClF2NO2. The fraction of sp³-hybridized carbons (Fsp3) is 0.0667. The fourth-order valence-corrected chi connectivity index (χ4v) is 2.43. The summed E-state index contributed by atoms with van der Waals surface area (Å²) >= 11 is 5.85. The van der Waals surface area contributed by atoms with Crippen LogP contribution in [0.15, 0.2) is 36.4 Å². The third-order valence-electron chi connectivity index (χ3n) is 3.31. The Hall–Kier alpha value is -2.27. The Morgan fingerprint density at radius 3 is 2.38 bits per heavy atom. The Morgan fingerprint density at radius 2 is 1.71 bits per heavy atom. The summed E-state index contributed by atoms with van der Waals surface area (Å²) in [4.78, 5) is 24.9. The predicted molar refractivity (Wildman–Crippen MR) is 73.3 cm³/mol. The molecule has 0 spiro atoms. The third kappa shape index (κ3) is 2.19. The van der Waals surface area contributed by atoms with E-state index in [2.05, 4.69) is 0 Å². The summed E-state index contributed by atoms with van der Waals surface area (Å²) in [5.41, 5.74) is 0.174. The van der Waals surface area contributed by atoms with Gasteiger partial charge in [-0.05, 0) is 30.3 Å². The maximum atomic E-state index is 13.7. The molecular weight excluding hydrogens is 300 g/mol. The van der Waals surface area contributed by atoms with Crippen molar-refractivity contribution in [1.29, 1.82) is 0 Å². The molecule has 0 unspecified atom stereocenters. The summed E-state index contributed by atoms with van der Waals surface area (Å²) < 4.78 is 27.4. The monoisotopic (exact) mass is 307 g/mol. The van der Waals surface area contributed by atoms with Gasteiger partial charge in [-0.2, -0.15) is 0 Å². The molecule has 1 aliphatic heterocycles. The smallest absolute Gasteiger partial charge is 0.299 e. The van der Waals surface area contributed by atoms with Gasteiger partial charge in [0.25, 0.3) is 11.7 Å². The van der Waals surface area contributed by atoms with E-state index in [1.165, 1.54) is 24.3 Å². The molecule has 106 valence electrons. The van der Waals surface area contributed by atoms with E-state index in [1.54, 1.807) is 0 Å².